The normalized spacial score (nSPS) is 14.8. The maximum Gasteiger partial charge on any atom is 0.119 e. The fourth-order valence-corrected chi connectivity index (χ4v) is 2.01. The Morgan fingerprint density at radius 3 is 1.14 bits per heavy atom. The molecule has 0 heterocycles. The molecule has 1 N–H and O–H groups in total. The third-order valence-corrected chi connectivity index (χ3v) is 3.27. The van der Waals surface area contributed by atoms with Gasteiger partial charge in [-0.05, 0) is 34.6 Å². The SMILES string of the molecule is CC(C)C(C)[N+](O)(C(C)C)C(C)C.[Cl-]. The fourth-order valence-electron chi connectivity index (χ4n) is 2.01. The third kappa shape index (κ3) is 3.11. The van der Waals surface area contributed by atoms with E-state index < -0.39 is 0 Å². The molecule has 0 bridgehead atoms. The summed E-state index contributed by atoms with van der Waals surface area (Å²) < 4.78 is 0.178. The van der Waals surface area contributed by atoms with E-state index in [0.29, 0.717) is 12.0 Å². The van der Waals surface area contributed by atoms with Gasteiger partial charge in [-0.25, -0.2) is 5.21 Å². The van der Waals surface area contributed by atoms with E-state index in [1.54, 1.807) is 0 Å². The summed E-state index contributed by atoms with van der Waals surface area (Å²) in [5.41, 5.74) is 0. The summed E-state index contributed by atoms with van der Waals surface area (Å²) in [5.74, 6) is 0.509. The smallest absolute Gasteiger partial charge is 0.119 e. The number of hydrogen-bond donors (Lipinski definition) is 1. The van der Waals surface area contributed by atoms with Crippen LogP contribution in [0.4, 0.5) is 0 Å². The van der Waals surface area contributed by atoms with Gasteiger partial charge in [-0.3, -0.25) is 0 Å². The van der Waals surface area contributed by atoms with Crippen LogP contribution in [-0.4, -0.2) is 28.0 Å². The maximum absolute atomic E-state index is 10.5. The van der Waals surface area contributed by atoms with Gasteiger partial charge in [-0.1, -0.05) is 13.8 Å². The van der Waals surface area contributed by atoms with Crippen LogP contribution in [0.2, 0.25) is 0 Å². The minimum atomic E-state index is 0. The van der Waals surface area contributed by atoms with Crippen LogP contribution in [0.15, 0.2) is 0 Å². The lowest BCUT2D eigenvalue weighted by Gasteiger charge is -2.44. The van der Waals surface area contributed by atoms with Gasteiger partial charge in [-0.2, -0.15) is 4.65 Å². The van der Waals surface area contributed by atoms with Gasteiger partial charge in [0.15, 0.2) is 0 Å². The van der Waals surface area contributed by atoms with Crippen molar-refractivity contribution >= 4 is 0 Å². The fraction of sp³-hybridized carbons (Fsp3) is 1.00. The molecule has 0 saturated carbocycles. The minimum absolute atomic E-state index is 0. The lowest BCUT2D eigenvalue weighted by Crippen LogP contribution is -3.00. The van der Waals surface area contributed by atoms with Crippen molar-refractivity contribution in [2.45, 2.75) is 66.6 Å². The van der Waals surface area contributed by atoms with Crippen molar-refractivity contribution in [2.75, 3.05) is 0 Å². The molecule has 0 saturated heterocycles. The van der Waals surface area contributed by atoms with Crippen molar-refractivity contribution in [3.8, 4) is 0 Å². The standard InChI is InChI=1S/C11H26NO.ClH/c1-8(2)11(7)12(13,9(3)4)10(5)6;/h8-11,13H,1-7H3;1H/q+1;/p-1. The molecule has 0 fully saturated rings. The quantitative estimate of drug-likeness (QED) is 0.528. The van der Waals surface area contributed by atoms with Crippen LogP contribution in [0, 0.1) is 5.92 Å². The topological polar surface area (TPSA) is 20.2 Å². The predicted octanol–water partition coefficient (Wildman–Crippen LogP) is 0.0577. The molecule has 0 aliphatic carbocycles. The zero-order chi connectivity index (χ0) is 10.8. The molecule has 0 radical (unpaired) electrons. The second-order valence-electron chi connectivity index (χ2n) is 4.97. The second kappa shape index (κ2) is 5.94. The summed E-state index contributed by atoms with van der Waals surface area (Å²) in [5, 5.41) is 10.5. The molecule has 0 rings (SSSR count). The van der Waals surface area contributed by atoms with E-state index in [0.717, 1.165) is 0 Å². The van der Waals surface area contributed by atoms with Crippen molar-refractivity contribution in [2.24, 2.45) is 5.92 Å². The van der Waals surface area contributed by atoms with Gasteiger partial charge in [0.25, 0.3) is 0 Å². The first kappa shape index (κ1) is 16.6. The largest absolute Gasteiger partial charge is 1.00 e. The van der Waals surface area contributed by atoms with E-state index in [2.05, 4.69) is 48.5 Å². The average Bonchev–Trinajstić information content (AvgIpc) is 2.00. The molecule has 88 valence electrons. The molecule has 0 aromatic rings. The first-order valence-electron chi connectivity index (χ1n) is 5.35. The molecule has 1 atom stereocenters. The Kier molecular flexibility index (Phi) is 7.06. The predicted molar refractivity (Wildman–Crippen MR) is 56.6 cm³/mol. The number of nitrogens with zero attached hydrogens (tertiary/aromatic N) is 1. The summed E-state index contributed by atoms with van der Waals surface area (Å²) in [6, 6.07) is 0.815. The van der Waals surface area contributed by atoms with Gasteiger partial charge in [0, 0.05) is 5.92 Å². The third-order valence-electron chi connectivity index (χ3n) is 3.27. The second-order valence-corrected chi connectivity index (χ2v) is 4.97. The molecular weight excluding hydrogens is 198 g/mol. The van der Waals surface area contributed by atoms with Crippen molar-refractivity contribution in [3.63, 3.8) is 0 Å². The molecule has 0 aromatic carbocycles. The Bertz CT molecular complexity index is 149. The van der Waals surface area contributed by atoms with E-state index in [9.17, 15) is 5.21 Å². The summed E-state index contributed by atoms with van der Waals surface area (Å²) in [6.07, 6.45) is 0. The maximum atomic E-state index is 10.5. The number of hydrogen-bond acceptors (Lipinski definition) is 1. The van der Waals surface area contributed by atoms with Gasteiger partial charge in [-0.15, -0.1) is 0 Å². The van der Waals surface area contributed by atoms with Gasteiger partial charge in [0.1, 0.15) is 18.1 Å². The Balaban J connectivity index is 0. The van der Waals surface area contributed by atoms with E-state index in [-0.39, 0.29) is 29.1 Å². The number of halogens is 1. The molecule has 0 amide bonds. The highest BCUT2D eigenvalue weighted by Gasteiger charge is 2.40. The lowest BCUT2D eigenvalue weighted by atomic mass is 10.0. The number of hydroxylamine groups is 3. The molecule has 0 aliphatic heterocycles. The molecule has 2 nitrogen and oxygen atoms in total. The van der Waals surface area contributed by atoms with Crippen molar-refractivity contribution < 1.29 is 22.3 Å². The first-order chi connectivity index (χ1) is 5.74. The Morgan fingerprint density at radius 1 is 0.786 bits per heavy atom. The van der Waals surface area contributed by atoms with Crippen molar-refractivity contribution in [1.82, 2.24) is 0 Å². The molecule has 0 spiro atoms. The highest BCUT2D eigenvalue weighted by atomic mass is 35.5. The molecule has 3 heteroatoms. The minimum Gasteiger partial charge on any atom is -1.00 e. The van der Waals surface area contributed by atoms with Crippen LogP contribution in [0.1, 0.15) is 48.5 Å². The van der Waals surface area contributed by atoms with Crippen LogP contribution in [0.5, 0.6) is 0 Å². The summed E-state index contributed by atoms with van der Waals surface area (Å²) in [6.45, 7) is 14.8. The number of quaternary nitrogens is 1. The summed E-state index contributed by atoms with van der Waals surface area (Å²) in [7, 11) is 0. The molecular formula is C11H26ClNO. The van der Waals surface area contributed by atoms with Gasteiger partial charge in [0.05, 0.1) is 0 Å². The van der Waals surface area contributed by atoms with Gasteiger partial charge in [0.2, 0.25) is 0 Å². The van der Waals surface area contributed by atoms with E-state index in [1.165, 1.54) is 0 Å². The Morgan fingerprint density at radius 2 is 1.07 bits per heavy atom. The van der Waals surface area contributed by atoms with Crippen LogP contribution >= 0.6 is 0 Å². The molecule has 0 aromatic heterocycles. The molecule has 0 aliphatic rings. The van der Waals surface area contributed by atoms with E-state index >= 15 is 0 Å². The monoisotopic (exact) mass is 223 g/mol. The van der Waals surface area contributed by atoms with Crippen molar-refractivity contribution in [3.05, 3.63) is 0 Å². The Hall–Kier alpha value is 0.210. The highest BCUT2D eigenvalue weighted by Crippen LogP contribution is 2.25. The highest BCUT2D eigenvalue weighted by molar-refractivity contribution is 4.60. The average molecular weight is 224 g/mol. The van der Waals surface area contributed by atoms with Crippen LogP contribution in [0.25, 0.3) is 0 Å². The van der Waals surface area contributed by atoms with Gasteiger partial charge < -0.3 is 12.4 Å². The summed E-state index contributed by atoms with van der Waals surface area (Å²) >= 11 is 0. The Labute approximate surface area is 95.3 Å². The first-order valence-corrected chi connectivity index (χ1v) is 5.35. The van der Waals surface area contributed by atoms with Gasteiger partial charge >= 0.3 is 0 Å². The zero-order valence-corrected chi connectivity index (χ0v) is 11.3. The summed E-state index contributed by atoms with van der Waals surface area (Å²) in [4.78, 5) is 0. The van der Waals surface area contributed by atoms with Crippen molar-refractivity contribution in [1.29, 1.82) is 0 Å². The lowest BCUT2D eigenvalue weighted by molar-refractivity contribution is -1.15. The molecule has 14 heavy (non-hydrogen) atoms. The van der Waals surface area contributed by atoms with Crippen LogP contribution in [-0.2, 0) is 0 Å². The number of rotatable bonds is 4. The van der Waals surface area contributed by atoms with E-state index in [4.69, 9.17) is 0 Å². The van der Waals surface area contributed by atoms with E-state index in [1.807, 2.05) is 0 Å². The van der Waals surface area contributed by atoms with Crippen LogP contribution in [0.3, 0.4) is 0 Å². The van der Waals surface area contributed by atoms with Crippen LogP contribution < -0.4 is 12.4 Å². The zero-order valence-electron chi connectivity index (χ0n) is 10.6. The molecule has 1 unspecified atom stereocenters.